The summed E-state index contributed by atoms with van der Waals surface area (Å²) in [6.45, 7) is 5.94. The zero-order valence-corrected chi connectivity index (χ0v) is 10.9. The summed E-state index contributed by atoms with van der Waals surface area (Å²) in [4.78, 5) is 26.2. The van der Waals surface area contributed by atoms with Gasteiger partial charge in [-0.1, -0.05) is 13.0 Å². The van der Waals surface area contributed by atoms with Crippen LogP contribution in [0, 0.1) is 0 Å². The maximum atomic E-state index is 12.1. The van der Waals surface area contributed by atoms with Gasteiger partial charge in [0, 0.05) is 19.3 Å². The third-order valence-electron chi connectivity index (χ3n) is 2.68. The van der Waals surface area contributed by atoms with Gasteiger partial charge in [-0.25, -0.2) is 9.59 Å². The van der Waals surface area contributed by atoms with Crippen LogP contribution in [0.15, 0.2) is 12.7 Å². The predicted octanol–water partition coefficient (Wildman–Crippen LogP) is 1.46. The van der Waals surface area contributed by atoms with E-state index < -0.39 is 12.0 Å². The van der Waals surface area contributed by atoms with Crippen molar-refractivity contribution in [2.75, 3.05) is 19.3 Å². The zero-order chi connectivity index (χ0) is 13.0. The van der Waals surface area contributed by atoms with Gasteiger partial charge in [-0.15, -0.1) is 18.3 Å². The van der Waals surface area contributed by atoms with E-state index in [1.165, 1.54) is 21.6 Å². The number of amides is 2. The highest BCUT2D eigenvalue weighted by Crippen LogP contribution is 2.32. The largest absolute Gasteiger partial charge is 0.480 e. The number of carbonyl (C=O) groups is 2. The van der Waals surface area contributed by atoms with Crippen molar-refractivity contribution < 1.29 is 14.7 Å². The Hall–Kier alpha value is -1.17. The maximum absolute atomic E-state index is 12.1. The molecule has 5 nitrogen and oxygen atoms in total. The van der Waals surface area contributed by atoms with E-state index in [0.29, 0.717) is 12.3 Å². The average molecular weight is 258 g/mol. The Morgan fingerprint density at radius 1 is 1.65 bits per heavy atom. The zero-order valence-electron chi connectivity index (χ0n) is 10.1. The fourth-order valence-electron chi connectivity index (χ4n) is 1.79. The van der Waals surface area contributed by atoms with Crippen LogP contribution in [0.25, 0.3) is 0 Å². The summed E-state index contributed by atoms with van der Waals surface area (Å²) in [5.41, 5.74) is 0. The Labute approximate surface area is 105 Å². The third kappa shape index (κ3) is 2.94. The number of carboxylic acid groups (broad SMARTS) is 1. The van der Waals surface area contributed by atoms with Crippen molar-refractivity contribution in [1.29, 1.82) is 0 Å². The van der Waals surface area contributed by atoms with Gasteiger partial charge < -0.3 is 10.0 Å². The van der Waals surface area contributed by atoms with Crippen LogP contribution in [-0.4, -0.2) is 57.7 Å². The smallest absolute Gasteiger partial charge is 0.327 e. The molecule has 2 atom stereocenters. The first-order chi connectivity index (χ1) is 8.02. The lowest BCUT2D eigenvalue weighted by Gasteiger charge is -2.30. The van der Waals surface area contributed by atoms with E-state index in [-0.39, 0.29) is 11.4 Å². The first-order valence-corrected chi connectivity index (χ1v) is 6.56. The first kappa shape index (κ1) is 13.9. The number of carbonyl (C=O) groups excluding carboxylic acids is 1. The highest BCUT2D eigenvalue weighted by atomic mass is 32.2. The van der Waals surface area contributed by atoms with Crippen LogP contribution in [-0.2, 0) is 4.79 Å². The van der Waals surface area contributed by atoms with Crippen LogP contribution in [0.3, 0.4) is 0 Å². The number of rotatable bonds is 4. The molecule has 0 aliphatic carbocycles. The molecule has 1 fully saturated rings. The number of nitrogens with zero attached hydrogens (tertiary/aromatic N) is 2. The minimum atomic E-state index is -0.936. The second kappa shape index (κ2) is 5.95. The van der Waals surface area contributed by atoms with Crippen LogP contribution in [0.1, 0.15) is 13.3 Å². The van der Waals surface area contributed by atoms with Crippen molar-refractivity contribution in [3.63, 3.8) is 0 Å². The minimum absolute atomic E-state index is 0.0455. The topological polar surface area (TPSA) is 60.9 Å². The van der Waals surface area contributed by atoms with E-state index in [4.69, 9.17) is 5.11 Å². The number of hydrogen-bond donors (Lipinski definition) is 1. The van der Waals surface area contributed by atoms with Crippen LogP contribution in [0.2, 0.25) is 0 Å². The van der Waals surface area contributed by atoms with E-state index in [0.717, 1.165) is 6.42 Å². The molecule has 96 valence electrons. The summed E-state index contributed by atoms with van der Waals surface area (Å²) < 4.78 is 0. The monoisotopic (exact) mass is 258 g/mol. The summed E-state index contributed by atoms with van der Waals surface area (Å²) in [6, 6.07) is -0.959. The minimum Gasteiger partial charge on any atom is -0.480 e. The van der Waals surface area contributed by atoms with Crippen molar-refractivity contribution >= 4 is 23.8 Å². The molecule has 0 radical (unpaired) electrons. The van der Waals surface area contributed by atoms with Crippen molar-refractivity contribution in [2.45, 2.75) is 24.8 Å². The lowest BCUT2D eigenvalue weighted by molar-refractivity contribution is -0.141. The van der Waals surface area contributed by atoms with E-state index in [9.17, 15) is 9.59 Å². The van der Waals surface area contributed by atoms with Gasteiger partial charge in [0.2, 0.25) is 0 Å². The van der Waals surface area contributed by atoms with Crippen LogP contribution in [0.5, 0.6) is 0 Å². The van der Waals surface area contributed by atoms with Gasteiger partial charge in [0.1, 0.15) is 6.04 Å². The molecule has 6 heteroatoms. The molecule has 0 aromatic carbocycles. The molecule has 17 heavy (non-hydrogen) atoms. The second-order valence-corrected chi connectivity index (χ2v) is 5.12. The molecule has 0 saturated carbocycles. The number of urea groups is 1. The molecule has 2 amide bonds. The molecule has 2 unspecified atom stereocenters. The molecular weight excluding hydrogens is 240 g/mol. The number of hydrogen-bond acceptors (Lipinski definition) is 3. The first-order valence-electron chi connectivity index (χ1n) is 5.51. The Bertz CT molecular complexity index is 322. The summed E-state index contributed by atoms with van der Waals surface area (Å²) in [5, 5.41) is 9.07. The normalized spacial score (nSPS) is 23.5. The van der Waals surface area contributed by atoms with Gasteiger partial charge in [-0.05, 0) is 6.42 Å². The van der Waals surface area contributed by atoms with E-state index in [1.807, 2.05) is 6.92 Å². The van der Waals surface area contributed by atoms with Gasteiger partial charge in [-0.2, -0.15) is 0 Å². The number of aliphatic carboxylic acids is 1. The van der Waals surface area contributed by atoms with E-state index in [2.05, 4.69) is 6.58 Å². The molecule has 1 rings (SSSR count). The van der Waals surface area contributed by atoms with Crippen molar-refractivity contribution in [3.05, 3.63) is 12.7 Å². The van der Waals surface area contributed by atoms with Crippen molar-refractivity contribution in [1.82, 2.24) is 9.80 Å². The van der Waals surface area contributed by atoms with Crippen LogP contribution >= 0.6 is 11.8 Å². The van der Waals surface area contributed by atoms with Gasteiger partial charge in [-0.3, -0.25) is 4.90 Å². The summed E-state index contributed by atoms with van der Waals surface area (Å²) in [5.74, 6) is -0.476. The summed E-state index contributed by atoms with van der Waals surface area (Å²) >= 11 is 1.52. The molecule has 1 saturated heterocycles. The third-order valence-corrected chi connectivity index (χ3v) is 4.13. The highest BCUT2D eigenvalue weighted by molar-refractivity contribution is 8.00. The second-order valence-electron chi connectivity index (χ2n) is 3.91. The predicted molar refractivity (Wildman–Crippen MR) is 68.0 cm³/mol. The lowest BCUT2D eigenvalue weighted by Crippen LogP contribution is -2.50. The van der Waals surface area contributed by atoms with E-state index >= 15 is 0 Å². The van der Waals surface area contributed by atoms with E-state index in [1.54, 1.807) is 13.1 Å². The number of likely N-dealkylation sites (N-methyl/N-ethyl adjacent to an activating group) is 1. The average Bonchev–Trinajstić information content (AvgIpc) is 2.71. The molecule has 0 aromatic rings. The van der Waals surface area contributed by atoms with Crippen LogP contribution in [0.4, 0.5) is 4.79 Å². The number of thioether (sulfide) groups is 1. The molecule has 1 aliphatic heterocycles. The van der Waals surface area contributed by atoms with Crippen molar-refractivity contribution in [2.24, 2.45) is 0 Å². The van der Waals surface area contributed by atoms with Gasteiger partial charge >= 0.3 is 12.0 Å². The molecule has 0 bridgehead atoms. The fourth-order valence-corrected chi connectivity index (χ4v) is 3.13. The van der Waals surface area contributed by atoms with Gasteiger partial charge in [0.05, 0.1) is 5.37 Å². The highest BCUT2D eigenvalue weighted by Gasteiger charge is 2.41. The Morgan fingerprint density at radius 3 is 2.76 bits per heavy atom. The summed E-state index contributed by atoms with van der Waals surface area (Å²) in [7, 11) is 1.65. The quantitative estimate of drug-likeness (QED) is 0.776. The number of carboxylic acids is 1. The summed E-state index contributed by atoms with van der Waals surface area (Å²) in [6.07, 6.45) is 2.37. The molecule has 0 spiro atoms. The Kier molecular flexibility index (Phi) is 4.86. The fraction of sp³-hybridized carbons (Fsp3) is 0.636. The Morgan fingerprint density at radius 2 is 2.29 bits per heavy atom. The molecule has 1 aliphatic rings. The molecular formula is C11H18N2O3S. The van der Waals surface area contributed by atoms with Gasteiger partial charge in [0.15, 0.2) is 0 Å². The SMILES string of the molecule is C=CCN(C)C(=O)N1C(CC)SCC1C(=O)O. The lowest BCUT2D eigenvalue weighted by atomic mass is 10.2. The Balaban J connectivity index is 2.84. The van der Waals surface area contributed by atoms with Gasteiger partial charge in [0.25, 0.3) is 0 Å². The molecule has 0 aromatic heterocycles. The van der Waals surface area contributed by atoms with Crippen molar-refractivity contribution in [3.8, 4) is 0 Å². The standard InChI is InChI=1S/C11H18N2O3S/c1-4-6-12(3)11(16)13-8(10(14)15)7-17-9(13)5-2/h4,8-9H,1,5-7H2,2-3H3,(H,14,15). The molecule has 1 heterocycles. The maximum Gasteiger partial charge on any atom is 0.327 e. The molecule has 1 N–H and O–H groups in total. The van der Waals surface area contributed by atoms with Crippen LogP contribution < -0.4 is 0 Å².